The number of hydrogen-bond acceptors (Lipinski definition) is 5. The van der Waals surface area contributed by atoms with Crippen molar-refractivity contribution in [3.63, 3.8) is 0 Å². The lowest BCUT2D eigenvalue weighted by Gasteiger charge is -2.15. The number of fused-ring (bicyclic) bond motifs is 1. The van der Waals surface area contributed by atoms with Gasteiger partial charge in [0.1, 0.15) is 5.52 Å². The Balaban J connectivity index is 2.18. The number of aromatic nitrogens is 4. The van der Waals surface area contributed by atoms with Gasteiger partial charge in [0.2, 0.25) is 5.88 Å². The summed E-state index contributed by atoms with van der Waals surface area (Å²) in [4.78, 5) is 14.7. The quantitative estimate of drug-likeness (QED) is 0.630. The lowest BCUT2D eigenvalue weighted by Crippen LogP contribution is -2.08. The highest BCUT2D eigenvalue weighted by atomic mass is 16.5. The zero-order valence-electron chi connectivity index (χ0n) is 17.5. The highest BCUT2D eigenvalue weighted by molar-refractivity contribution is 5.80. The third kappa shape index (κ3) is 3.74. The molecule has 0 amide bonds. The first kappa shape index (κ1) is 20.3. The summed E-state index contributed by atoms with van der Waals surface area (Å²) in [6.45, 7) is 11.1. The first-order chi connectivity index (χ1) is 13.5. The summed E-state index contributed by atoms with van der Waals surface area (Å²) in [5.74, 6) is 0.648. The van der Waals surface area contributed by atoms with E-state index >= 15 is 0 Å². The van der Waals surface area contributed by atoms with Gasteiger partial charge in [-0.2, -0.15) is 0 Å². The van der Waals surface area contributed by atoms with E-state index in [4.69, 9.17) is 14.7 Å². The molecule has 150 valence electrons. The van der Waals surface area contributed by atoms with Crippen LogP contribution in [-0.2, 0) is 12.8 Å². The van der Waals surface area contributed by atoms with Crippen LogP contribution in [0.5, 0.6) is 5.88 Å². The first-order valence-corrected chi connectivity index (χ1v) is 10.2. The number of aliphatic hydroxyl groups is 1. The third-order valence-corrected chi connectivity index (χ3v) is 5.09. The topological polar surface area (TPSA) is 73.1 Å². The Morgan fingerprint density at radius 1 is 1.07 bits per heavy atom. The van der Waals surface area contributed by atoms with Crippen LogP contribution in [0.4, 0.5) is 0 Å². The molecule has 0 aliphatic rings. The molecule has 0 aromatic carbocycles. The maximum absolute atomic E-state index is 9.32. The molecule has 1 N–H and O–H groups in total. The summed E-state index contributed by atoms with van der Waals surface area (Å²) >= 11 is 0. The number of aliphatic hydroxyl groups excluding tert-OH is 1. The van der Waals surface area contributed by atoms with Crippen molar-refractivity contribution < 1.29 is 9.84 Å². The molecule has 28 heavy (non-hydrogen) atoms. The van der Waals surface area contributed by atoms with E-state index in [1.54, 1.807) is 0 Å². The van der Waals surface area contributed by atoms with E-state index in [1.807, 2.05) is 19.1 Å². The average molecular weight is 383 g/mol. The molecule has 0 bridgehead atoms. The van der Waals surface area contributed by atoms with Gasteiger partial charge < -0.3 is 14.4 Å². The summed E-state index contributed by atoms with van der Waals surface area (Å²) in [5.41, 5.74) is 6.74. The molecule has 3 heterocycles. The van der Waals surface area contributed by atoms with E-state index in [1.165, 1.54) is 0 Å². The molecule has 0 aliphatic heterocycles. The zero-order valence-corrected chi connectivity index (χ0v) is 17.5. The summed E-state index contributed by atoms with van der Waals surface area (Å²) in [7, 11) is 0. The molecule has 0 unspecified atom stereocenters. The van der Waals surface area contributed by atoms with Gasteiger partial charge >= 0.3 is 0 Å². The highest BCUT2D eigenvalue weighted by Crippen LogP contribution is 2.31. The molecule has 3 aromatic rings. The maximum Gasteiger partial charge on any atom is 0.213 e. The largest absolute Gasteiger partial charge is 0.478 e. The Labute approximate surface area is 166 Å². The summed E-state index contributed by atoms with van der Waals surface area (Å²) < 4.78 is 7.70. The predicted molar refractivity (Wildman–Crippen MR) is 112 cm³/mol. The van der Waals surface area contributed by atoms with Crippen LogP contribution >= 0.6 is 0 Å². The van der Waals surface area contributed by atoms with E-state index in [0.717, 1.165) is 52.2 Å². The SMILES string of the molecule is CCOc1ccc(-c2nc3c(C)cn([C@H](C)CCO)c3nc2CC)c(CC)n1. The van der Waals surface area contributed by atoms with Crippen molar-refractivity contribution in [3.8, 4) is 17.1 Å². The van der Waals surface area contributed by atoms with Crippen molar-refractivity contribution in [2.24, 2.45) is 0 Å². The van der Waals surface area contributed by atoms with Crippen molar-refractivity contribution in [2.75, 3.05) is 13.2 Å². The molecule has 6 nitrogen and oxygen atoms in total. The maximum atomic E-state index is 9.32. The monoisotopic (exact) mass is 382 g/mol. The van der Waals surface area contributed by atoms with E-state index < -0.39 is 0 Å². The molecule has 0 spiro atoms. The Kier molecular flexibility index (Phi) is 6.29. The van der Waals surface area contributed by atoms with Crippen LogP contribution in [-0.4, -0.2) is 37.8 Å². The van der Waals surface area contributed by atoms with Crippen molar-refractivity contribution in [2.45, 2.75) is 59.9 Å². The second kappa shape index (κ2) is 8.69. The number of pyridine rings is 1. The molecule has 3 aromatic heterocycles. The van der Waals surface area contributed by atoms with E-state index in [2.05, 4.69) is 43.4 Å². The van der Waals surface area contributed by atoms with E-state index in [9.17, 15) is 5.11 Å². The predicted octanol–water partition coefficient (Wildman–Crippen LogP) is 4.27. The minimum Gasteiger partial charge on any atom is -0.478 e. The lowest BCUT2D eigenvalue weighted by atomic mass is 10.0. The number of rotatable bonds is 8. The second-order valence-electron chi connectivity index (χ2n) is 7.06. The van der Waals surface area contributed by atoms with Gasteiger partial charge in [-0.25, -0.2) is 15.0 Å². The van der Waals surface area contributed by atoms with Crippen LogP contribution in [0.3, 0.4) is 0 Å². The van der Waals surface area contributed by atoms with Gasteiger partial charge in [0, 0.05) is 30.5 Å². The highest BCUT2D eigenvalue weighted by Gasteiger charge is 2.19. The van der Waals surface area contributed by atoms with Crippen LogP contribution in [0.25, 0.3) is 22.4 Å². The molecular formula is C22H30N4O2. The fraction of sp³-hybridized carbons (Fsp3) is 0.500. The lowest BCUT2D eigenvalue weighted by molar-refractivity contribution is 0.264. The van der Waals surface area contributed by atoms with Gasteiger partial charge in [-0.05, 0) is 51.7 Å². The third-order valence-electron chi connectivity index (χ3n) is 5.09. The van der Waals surface area contributed by atoms with Crippen LogP contribution in [0.15, 0.2) is 18.3 Å². The van der Waals surface area contributed by atoms with Gasteiger partial charge in [-0.3, -0.25) is 0 Å². The number of ether oxygens (including phenoxy) is 1. The molecule has 0 radical (unpaired) electrons. The van der Waals surface area contributed by atoms with Gasteiger partial charge in [0.15, 0.2) is 5.65 Å². The van der Waals surface area contributed by atoms with Crippen molar-refractivity contribution in [3.05, 3.63) is 35.3 Å². The Morgan fingerprint density at radius 3 is 2.46 bits per heavy atom. The minimum atomic E-state index is 0.156. The second-order valence-corrected chi connectivity index (χ2v) is 7.06. The minimum absolute atomic E-state index is 0.156. The fourth-order valence-corrected chi connectivity index (χ4v) is 3.55. The molecule has 0 aliphatic carbocycles. The van der Waals surface area contributed by atoms with E-state index in [0.29, 0.717) is 18.9 Å². The van der Waals surface area contributed by atoms with Crippen LogP contribution in [0, 0.1) is 6.92 Å². The fourth-order valence-electron chi connectivity index (χ4n) is 3.55. The Hall–Kier alpha value is -2.47. The molecular weight excluding hydrogens is 352 g/mol. The standard InChI is InChI=1S/C22H30N4O2/c1-6-17-16(9-10-19(23-17)28-8-3)21-18(7-2)24-22-20(25-21)14(4)13-26(22)15(5)11-12-27/h9-10,13,15,27H,6-8,11-12H2,1-5H3/t15-/m1/s1. The Bertz CT molecular complexity index is 965. The average Bonchev–Trinajstić information content (AvgIpc) is 3.03. The smallest absolute Gasteiger partial charge is 0.213 e. The van der Waals surface area contributed by atoms with Crippen LogP contribution in [0.1, 0.15) is 57.1 Å². The first-order valence-electron chi connectivity index (χ1n) is 10.2. The van der Waals surface area contributed by atoms with E-state index in [-0.39, 0.29) is 12.6 Å². The number of nitrogens with zero attached hydrogens (tertiary/aromatic N) is 4. The summed E-state index contributed by atoms with van der Waals surface area (Å²) in [6, 6.07) is 4.13. The summed E-state index contributed by atoms with van der Waals surface area (Å²) in [6.07, 6.45) is 4.36. The molecule has 0 saturated carbocycles. The molecule has 0 saturated heterocycles. The normalized spacial score (nSPS) is 12.5. The van der Waals surface area contributed by atoms with Crippen LogP contribution < -0.4 is 4.74 Å². The Morgan fingerprint density at radius 2 is 1.82 bits per heavy atom. The molecule has 6 heteroatoms. The van der Waals surface area contributed by atoms with Gasteiger partial charge in [0.25, 0.3) is 0 Å². The van der Waals surface area contributed by atoms with Gasteiger partial charge in [-0.15, -0.1) is 0 Å². The van der Waals surface area contributed by atoms with Gasteiger partial charge in [0.05, 0.1) is 23.7 Å². The summed E-state index contributed by atoms with van der Waals surface area (Å²) in [5, 5.41) is 9.32. The number of aryl methyl sites for hydroxylation is 3. The molecule has 0 fully saturated rings. The number of hydrogen-bond donors (Lipinski definition) is 1. The van der Waals surface area contributed by atoms with Crippen molar-refractivity contribution in [1.82, 2.24) is 19.5 Å². The molecule has 3 rings (SSSR count). The van der Waals surface area contributed by atoms with Gasteiger partial charge in [-0.1, -0.05) is 13.8 Å². The molecule has 1 atom stereocenters. The van der Waals surface area contributed by atoms with Crippen LogP contribution in [0.2, 0.25) is 0 Å². The van der Waals surface area contributed by atoms with Crippen molar-refractivity contribution >= 4 is 11.2 Å². The zero-order chi connectivity index (χ0) is 20.3. The van der Waals surface area contributed by atoms with Crippen molar-refractivity contribution in [1.29, 1.82) is 0 Å².